The maximum atomic E-state index is 10.7. The molecule has 0 saturated heterocycles. The molecule has 1 aliphatic carbocycles. The van der Waals surface area contributed by atoms with Crippen molar-refractivity contribution in [2.75, 3.05) is 6.61 Å². The predicted octanol–water partition coefficient (Wildman–Crippen LogP) is 0.990. The smallest absolute Gasteiger partial charge is 0.178 e. The zero-order chi connectivity index (χ0) is 8.27. The van der Waals surface area contributed by atoms with E-state index in [2.05, 4.69) is 0 Å². The van der Waals surface area contributed by atoms with E-state index in [1.165, 1.54) is 12.2 Å². The number of carbonyl (C=O) groups is 1. The van der Waals surface area contributed by atoms with Crippen LogP contribution < -0.4 is 0 Å². The molecule has 0 fully saturated rings. The third kappa shape index (κ3) is 1.88. The Labute approximate surface area is 65.5 Å². The van der Waals surface area contributed by atoms with Crippen molar-refractivity contribution in [3.05, 3.63) is 35.5 Å². The Kier molecular flexibility index (Phi) is 2.39. The molecule has 0 aromatic heterocycles. The molecule has 0 aliphatic heterocycles. The molecular weight excluding hydrogens is 140 g/mol. The number of hydrogen-bond donors (Lipinski definition) is 1. The quantitative estimate of drug-likeness (QED) is 0.605. The lowest BCUT2D eigenvalue weighted by Crippen LogP contribution is -1.95. The highest BCUT2D eigenvalue weighted by Crippen LogP contribution is 2.10. The molecule has 2 heteroatoms. The number of aliphatic hydroxyl groups is 1. The molecule has 0 atom stereocenters. The van der Waals surface area contributed by atoms with Gasteiger partial charge in [0.25, 0.3) is 0 Å². The van der Waals surface area contributed by atoms with Gasteiger partial charge in [0.2, 0.25) is 0 Å². The van der Waals surface area contributed by atoms with Crippen molar-refractivity contribution >= 4 is 5.78 Å². The van der Waals surface area contributed by atoms with E-state index in [0.29, 0.717) is 0 Å². The number of hydrogen-bond acceptors (Lipinski definition) is 2. The Morgan fingerprint density at radius 1 is 1.36 bits per heavy atom. The summed E-state index contributed by atoms with van der Waals surface area (Å²) >= 11 is 0. The second-order valence-corrected chi connectivity index (χ2v) is 2.46. The maximum Gasteiger partial charge on any atom is 0.178 e. The first-order chi connectivity index (χ1) is 5.24. The fourth-order valence-electron chi connectivity index (χ4n) is 0.831. The molecule has 1 N–H and O–H groups in total. The van der Waals surface area contributed by atoms with Gasteiger partial charge in [0.1, 0.15) is 0 Å². The van der Waals surface area contributed by atoms with Gasteiger partial charge in [-0.15, -0.1) is 0 Å². The van der Waals surface area contributed by atoms with Gasteiger partial charge in [-0.25, -0.2) is 0 Å². The molecule has 1 aliphatic rings. The Balaban J connectivity index is 2.87. The average Bonchev–Trinajstić information content (AvgIpc) is 2.05. The van der Waals surface area contributed by atoms with Gasteiger partial charge in [0.05, 0.1) is 6.61 Å². The third-order valence-electron chi connectivity index (χ3n) is 1.58. The molecule has 0 aromatic carbocycles. The van der Waals surface area contributed by atoms with Crippen molar-refractivity contribution in [2.45, 2.75) is 6.92 Å². The van der Waals surface area contributed by atoms with E-state index in [4.69, 9.17) is 5.11 Å². The van der Waals surface area contributed by atoms with E-state index in [1.54, 1.807) is 12.2 Å². The first-order valence-electron chi connectivity index (χ1n) is 3.45. The van der Waals surface area contributed by atoms with Crippen LogP contribution in [0.4, 0.5) is 0 Å². The summed E-state index contributed by atoms with van der Waals surface area (Å²) in [5, 5.41) is 8.74. The molecule has 0 heterocycles. The molecule has 0 aromatic rings. The highest BCUT2D eigenvalue weighted by atomic mass is 16.3. The normalized spacial score (nSPS) is 15.8. The molecule has 0 bridgehead atoms. The molecular formula is C9H10O2. The van der Waals surface area contributed by atoms with Crippen LogP contribution in [0.25, 0.3) is 0 Å². The second-order valence-electron chi connectivity index (χ2n) is 2.46. The third-order valence-corrected chi connectivity index (χ3v) is 1.58. The number of ketones is 1. The first kappa shape index (κ1) is 7.95. The van der Waals surface area contributed by atoms with Crippen LogP contribution in [0.1, 0.15) is 6.92 Å². The SMILES string of the molecule is CC(CO)=C1C=CC(=O)C=C1. The molecule has 0 amide bonds. The van der Waals surface area contributed by atoms with Gasteiger partial charge in [-0.05, 0) is 30.2 Å². The lowest BCUT2D eigenvalue weighted by Gasteiger charge is -2.02. The summed E-state index contributed by atoms with van der Waals surface area (Å²) in [7, 11) is 0. The lowest BCUT2D eigenvalue weighted by atomic mass is 10.0. The summed E-state index contributed by atoms with van der Waals surface area (Å²) in [6.45, 7) is 1.87. The first-order valence-corrected chi connectivity index (χ1v) is 3.45. The van der Waals surface area contributed by atoms with E-state index in [-0.39, 0.29) is 12.4 Å². The van der Waals surface area contributed by atoms with Crippen LogP contribution in [0, 0.1) is 0 Å². The van der Waals surface area contributed by atoms with Crippen molar-refractivity contribution in [3.63, 3.8) is 0 Å². The zero-order valence-corrected chi connectivity index (χ0v) is 6.37. The van der Waals surface area contributed by atoms with Crippen molar-refractivity contribution in [1.82, 2.24) is 0 Å². The molecule has 0 saturated carbocycles. The topological polar surface area (TPSA) is 37.3 Å². The Morgan fingerprint density at radius 2 is 1.91 bits per heavy atom. The molecule has 2 nitrogen and oxygen atoms in total. The summed E-state index contributed by atoms with van der Waals surface area (Å²) in [4.78, 5) is 10.7. The molecule has 11 heavy (non-hydrogen) atoms. The van der Waals surface area contributed by atoms with Gasteiger partial charge in [0, 0.05) is 0 Å². The molecule has 0 radical (unpaired) electrons. The average molecular weight is 150 g/mol. The van der Waals surface area contributed by atoms with Crippen molar-refractivity contribution < 1.29 is 9.90 Å². The van der Waals surface area contributed by atoms with Gasteiger partial charge in [-0.2, -0.15) is 0 Å². The summed E-state index contributed by atoms with van der Waals surface area (Å²) in [6.07, 6.45) is 6.42. The van der Waals surface area contributed by atoms with Crippen LogP contribution >= 0.6 is 0 Å². The van der Waals surface area contributed by atoms with Crippen LogP contribution in [0.2, 0.25) is 0 Å². The standard InChI is InChI=1S/C9H10O2/c1-7(6-10)8-2-4-9(11)5-3-8/h2-5,10H,6H2,1H3. The molecule has 58 valence electrons. The van der Waals surface area contributed by atoms with Crippen molar-refractivity contribution in [3.8, 4) is 0 Å². The Hall–Kier alpha value is -1.15. The number of allylic oxidation sites excluding steroid dienone is 5. The van der Waals surface area contributed by atoms with Crippen molar-refractivity contribution in [1.29, 1.82) is 0 Å². The van der Waals surface area contributed by atoms with Crippen LogP contribution in [0.3, 0.4) is 0 Å². The fourth-order valence-corrected chi connectivity index (χ4v) is 0.831. The minimum Gasteiger partial charge on any atom is -0.392 e. The van der Waals surface area contributed by atoms with Crippen molar-refractivity contribution in [2.24, 2.45) is 0 Å². The monoisotopic (exact) mass is 150 g/mol. The van der Waals surface area contributed by atoms with Crippen LogP contribution in [0.5, 0.6) is 0 Å². The van der Waals surface area contributed by atoms with E-state index < -0.39 is 0 Å². The summed E-state index contributed by atoms with van der Waals surface area (Å²) < 4.78 is 0. The van der Waals surface area contributed by atoms with Crippen LogP contribution in [-0.4, -0.2) is 17.5 Å². The number of aliphatic hydroxyl groups excluding tert-OH is 1. The van der Waals surface area contributed by atoms with Gasteiger partial charge in [-0.1, -0.05) is 12.2 Å². The zero-order valence-electron chi connectivity index (χ0n) is 6.37. The van der Waals surface area contributed by atoms with Crippen LogP contribution in [-0.2, 0) is 4.79 Å². The molecule has 1 rings (SSSR count). The summed E-state index contributed by atoms with van der Waals surface area (Å²) in [5.41, 5.74) is 1.80. The lowest BCUT2D eigenvalue weighted by molar-refractivity contribution is -0.110. The fraction of sp³-hybridized carbons (Fsp3) is 0.222. The molecule has 0 spiro atoms. The van der Waals surface area contributed by atoms with E-state index in [0.717, 1.165) is 11.1 Å². The van der Waals surface area contributed by atoms with E-state index in [9.17, 15) is 4.79 Å². The number of carbonyl (C=O) groups excluding carboxylic acids is 1. The second kappa shape index (κ2) is 3.30. The predicted molar refractivity (Wildman–Crippen MR) is 43.1 cm³/mol. The van der Waals surface area contributed by atoms with Crippen LogP contribution in [0.15, 0.2) is 35.5 Å². The van der Waals surface area contributed by atoms with Gasteiger partial charge in [-0.3, -0.25) is 4.79 Å². The van der Waals surface area contributed by atoms with E-state index in [1.807, 2.05) is 6.92 Å². The Morgan fingerprint density at radius 3 is 2.36 bits per heavy atom. The molecule has 0 unspecified atom stereocenters. The van der Waals surface area contributed by atoms with Gasteiger partial charge in [0.15, 0.2) is 5.78 Å². The Bertz CT molecular complexity index is 239. The summed E-state index contributed by atoms with van der Waals surface area (Å²) in [5.74, 6) is -0.000472. The largest absolute Gasteiger partial charge is 0.392 e. The maximum absolute atomic E-state index is 10.7. The van der Waals surface area contributed by atoms with E-state index >= 15 is 0 Å². The minimum absolute atomic E-state index is 0.000472. The summed E-state index contributed by atoms with van der Waals surface area (Å²) in [6, 6.07) is 0. The minimum atomic E-state index is -0.000472. The highest BCUT2D eigenvalue weighted by Gasteiger charge is 2.00. The number of rotatable bonds is 1. The van der Waals surface area contributed by atoms with Gasteiger partial charge < -0.3 is 5.11 Å². The van der Waals surface area contributed by atoms with Gasteiger partial charge >= 0.3 is 0 Å². The highest BCUT2D eigenvalue weighted by molar-refractivity contribution is 6.01.